The topological polar surface area (TPSA) is 37.3 Å². The van der Waals surface area contributed by atoms with Gasteiger partial charge in [-0.1, -0.05) is 42.5 Å². The van der Waals surface area contributed by atoms with E-state index in [0.29, 0.717) is 0 Å². The molecule has 1 N–H and O–H groups in total. The third-order valence-electron chi connectivity index (χ3n) is 4.13. The van der Waals surface area contributed by atoms with E-state index >= 15 is 0 Å². The second kappa shape index (κ2) is 4.85. The summed E-state index contributed by atoms with van der Waals surface area (Å²) in [5, 5.41) is 15.9. The van der Waals surface area contributed by atoms with E-state index in [4.69, 9.17) is 5.11 Å². The molecule has 0 aliphatic heterocycles. The van der Waals surface area contributed by atoms with Crippen LogP contribution in [0.25, 0.3) is 32.3 Å². The second-order valence-electron chi connectivity index (χ2n) is 5.61. The molecule has 0 heterocycles. The molecule has 0 spiro atoms. The van der Waals surface area contributed by atoms with Crippen LogP contribution in [0.15, 0.2) is 66.7 Å². The van der Waals surface area contributed by atoms with Gasteiger partial charge in [-0.05, 0) is 62.1 Å². The van der Waals surface area contributed by atoms with Crippen molar-refractivity contribution in [2.75, 3.05) is 0 Å². The van der Waals surface area contributed by atoms with Crippen LogP contribution in [0.4, 0.5) is 0 Å². The van der Waals surface area contributed by atoms with E-state index in [1.165, 1.54) is 16.2 Å². The Hall–Kier alpha value is -2.87. The van der Waals surface area contributed by atoms with E-state index in [9.17, 15) is 4.79 Å². The van der Waals surface area contributed by atoms with Crippen LogP contribution in [0.5, 0.6) is 0 Å². The average molecular weight is 286 g/mol. The van der Waals surface area contributed by atoms with Crippen molar-refractivity contribution < 1.29 is 9.90 Å². The summed E-state index contributed by atoms with van der Waals surface area (Å²) in [7, 11) is 0. The van der Waals surface area contributed by atoms with Crippen LogP contribution >= 0.6 is 0 Å². The summed E-state index contributed by atoms with van der Waals surface area (Å²) in [5.74, 6) is -0.800. The minimum absolute atomic E-state index is 0.0520. The van der Waals surface area contributed by atoms with Crippen LogP contribution in [-0.2, 0) is 11.2 Å². The zero-order valence-corrected chi connectivity index (χ0v) is 11.9. The minimum atomic E-state index is -0.800. The summed E-state index contributed by atoms with van der Waals surface area (Å²) >= 11 is 0. The summed E-state index contributed by atoms with van der Waals surface area (Å²) in [6.45, 7) is 0. The third kappa shape index (κ3) is 2.09. The van der Waals surface area contributed by atoms with Crippen molar-refractivity contribution in [1.82, 2.24) is 0 Å². The summed E-state index contributed by atoms with van der Waals surface area (Å²) in [4.78, 5) is 11.1. The molecule has 0 amide bonds. The van der Waals surface area contributed by atoms with Gasteiger partial charge in [0, 0.05) is 0 Å². The molecule has 2 nitrogen and oxygen atoms in total. The number of aliphatic carboxylic acids is 1. The van der Waals surface area contributed by atoms with Gasteiger partial charge in [-0.25, -0.2) is 0 Å². The minimum Gasteiger partial charge on any atom is -0.481 e. The number of carboxylic acid groups (broad SMARTS) is 1. The third-order valence-corrected chi connectivity index (χ3v) is 4.13. The molecule has 22 heavy (non-hydrogen) atoms. The van der Waals surface area contributed by atoms with Gasteiger partial charge < -0.3 is 5.11 Å². The monoisotopic (exact) mass is 286 g/mol. The van der Waals surface area contributed by atoms with Gasteiger partial charge in [0.15, 0.2) is 0 Å². The quantitative estimate of drug-likeness (QED) is 0.539. The van der Waals surface area contributed by atoms with Crippen LogP contribution in [0.2, 0.25) is 0 Å². The first kappa shape index (κ1) is 12.8. The molecule has 106 valence electrons. The maximum atomic E-state index is 11.1. The molecule has 0 unspecified atom stereocenters. The van der Waals surface area contributed by atoms with Gasteiger partial charge >= 0.3 is 5.97 Å². The molecule has 2 heteroatoms. The summed E-state index contributed by atoms with van der Waals surface area (Å²) in [5.41, 5.74) is 0.861. The lowest BCUT2D eigenvalue weighted by Gasteiger charge is -2.08. The standard InChI is InChI=1S/C20H14O2/c21-20(22)12-16-7-3-6-15-10-17-8-13-4-1-2-5-14(13)9-18(17)11-19(15)16/h1-11H,12H2,(H,21,22). The van der Waals surface area contributed by atoms with Gasteiger partial charge in [0.05, 0.1) is 6.42 Å². The lowest BCUT2D eigenvalue weighted by molar-refractivity contribution is -0.136. The van der Waals surface area contributed by atoms with Crippen LogP contribution in [0.3, 0.4) is 0 Å². The molecule has 0 aliphatic rings. The van der Waals surface area contributed by atoms with E-state index in [1.54, 1.807) is 0 Å². The Morgan fingerprint density at radius 1 is 0.727 bits per heavy atom. The van der Waals surface area contributed by atoms with Crippen molar-refractivity contribution in [2.24, 2.45) is 0 Å². The van der Waals surface area contributed by atoms with Crippen LogP contribution in [0, 0.1) is 0 Å². The Morgan fingerprint density at radius 3 is 2.00 bits per heavy atom. The Balaban J connectivity index is 2.05. The highest BCUT2D eigenvalue weighted by Gasteiger charge is 2.07. The Labute approximate surface area is 127 Å². The fourth-order valence-corrected chi connectivity index (χ4v) is 3.10. The fraction of sp³-hybridized carbons (Fsp3) is 0.0500. The lowest BCUT2D eigenvalue weighted by Crippen LogP contribution is -2.00. The maximum Gasteiger partial charge on any atom is 0.307 e. The molecule has 0 aromatic heterocycles. The van der Waals surface area contributed by atoms with Crippen molar-refractivity contribution in [3.63, 3.8) is 0 Å². The SMILES string of the molecule is O=C(O)Cc1cccc2cc3cc4ccccc4cc3cc12. The lowest BCUT2D eigenvalue weighted by atomic mass is 9.96. The first-order chi connectivity index (χ1) is 10.7. The van der Waals surface area contributed by atoms with Crippen molar-refractivity contribution in [3.8, 4) is 0 Å². The van der Waals surface area contributed by atoms with Gasteiger partial charge in [-0.3, -0.25) is 4.79 Å². The molecule has 0 atom stereocenters. The maximum absolute atomic E-state index is 11.1. The van der Waals surface area contributed by atoms with E-state index in [1.807, 2.05) is 30.3 Å². The number of hydrogen-bond donors (Lipinski definition) is 1. The van der Waals surface area contributed by atoms with Gasteiger partial charge in [0.1, 0.15) is 0 Å². The number of carboxylic acids is 1. The summed E-state index contributed by atoms with van der Waals surface area (Å²) in [6.07, 6.45) is 0.0520. The first-order valence-corrected chi connectivity index (χ1v) is 7.27. The van der Waals surface area contributed by atoms with Crippen LogP contribution < -0.4 is 0 Å². The molecule has 0 saturated carbocycles. The van der Waals surface area contributed by atoms with Gasteiger partial charge in [0.2, 0.25) is 0 Å². The van der Waals surface area contributed by atoms with Gasteiger partial charge in [0.25, 0.3) is 0 Å². The number of benzene rings is 4. The summed E-state index contributed by atoms with van der Waals surface area (Å²) in [6, 6.07) is 22.7. The molecule has 4 aromatic rings. The molecule has 0 aliphatic carbocycles. The molecule has 0 fully saturated rings. The summed E-state index contributed by atoms with van der Waals surface area (Å²) < 4.78 is 0. The van der Waals surface area contributed by atoms with E-state index < -0.39 is 5.97 Å². The predicted molar refractivity (Wildman–Crippen MR) is 90.3 cm³/mol. The number of carbonyl (C=O) groups is 1. The van der Waals surface area contributed by atoms with Crippen LogP contribution in [0.1, 0.15) is 5.56 Å². The van der Waals surface area contributed by atoms with Gasteiger partial charge in [-0.2, -0.15) is 0 Å². The number of fused-ring (bicyclic) bond motifs is 3. The largest absolute Gasteiger partial charge is 0.481 e. The highest BCUT2D eigenvalue weighted by molar-refractivity contribution is 6.05. The zero-order valence-electron chi connectivity index (χ0n) is 11.9. The van der Waals surface area contributed by atoms with Crippen molar-refractivity contribution in [3.05, 3.63) is 72.3 Å². The Bertz CT molecular complexity index is 1030. The Kier molecular flexibility index (Phi) is 2.83. The first-order valence-electron chi connectivity index (χ1n) is 7.27. The number of rotatable bonds is 2. The molecular formula is C20H14O2. The Morgan fingerprint density at radius 2 is 1.32 bits per heavy atom. The number of hydrogen-bond acceptors (Lipinski definition) is 1. The molecule has 0 radical (unpaired) electrons. The zero-order chi connectivity index (χ0) is 15.1. The fourth-order valence-electron chi connectivity index (χ4n) is 3.10. The molecule has 4 aromatic carbocycles. The smallest absolute Gasteiger partial charge is 0.307 e. The second-order valence-corrected chi connectivity index (χ2v) is 5.61. The average Bonchev–Trinajstić information content (AvgIpc) is 2.51. The molecule has 0 bridgehead atoms. The molecular weight excluding hydrogens is 272 g/mol. The van der Waals surface area contributed by atoms with Gasteiger partial charge in [-0.15, -0.1) is 0 Å². The predicted octanol–water partition coefficient (Wildman–Crippen LogP) is 4.77. The molecule has 0 saturated heterocycles. The van der Waals surface area contributed by atoms with E-state index in [2.05, 4.69) is 36.4 Å². The van der Waals surface area contributed by atoms with Crippen molar-refractivity contribution >= 4 is 38.3 Å². The van der Waals surface area contributed by atoms with E-state index in [0.717, 1.165) is 21.7 Å². The molecule has 4 rings (SSSR count). The van der Waals surface area contributed by atoms with Crippen LogP contribution in [-0.4, -0.2) is 11.1 Å². The highest BCUT2D eigenvalue weighted by atomic mass is 16.4. The highest BCUT2D eigenvalue weighted by Crippen LogP contribution is 2.29. The van der Waals surface area contributed by atoms with Crippen molar-refractivity contribution in [2.45, 2.75) is 6.42 Å². The van der Waals surface area contributed by atoms with E-state index in [-0.39, 0.29) is 6.42 Å². The normalized spacial score (nSPS) is 11.3. The van der Waals surface area contributed by atoms with Crippen molar-refractivity contribution in [1.29, 1.82) is 0 Å².